The zero-order valence-electron chi connectivity index (χ0n) is 21.8. The second-order valence-corrected chi connectivity index (χ2v) is 10.7. The molecule has 2 aromatic heterocycles. The average Bonchev–Trinajstić information content (AvgIpc) is 3.43. The molecule has 0 bridgehead atoms. The highest BCUT2D eigenvalue weighted by atomic mass is 35.5. The number of hydrogen-bond donors (Lipinski definition) is 1. The topological polar surface area (TPSA) is 87.2 Å². The summed E-state index contributed by atoms with van der Waals surface area (Å²) in [6, 6.07) is 5.75. The van der Waals surface area contributed by atoms with Crippen LogP contribution in [-0.2, 0) is 4.79 Å². The Morgan fingerprint density at radius 3 is 2.64 bits per heavy atom. The molecule has 1 saturated carbocycles. The summed E-state index contributed by atoms with van der Waals surface area (Å²) in [5.41, 5.74) is 2.79. The number of fused-ring (bicyclic) bond motifs is 2. The molecule has 0 unspecified atom stereocenters. The van der Waals surface area contributed by atoms with E-state index >= 15 is 4.39 Å². The van der Waals surface area contributed by atoms with Crippen LogP contribution < -0.4 is 9.64 Å². The van der Waals surface area contributed by atoms with Crippen LogP contribution in [-0.4, -0.2) is 63.3 Å². The van der Waals surface area contributed by atoms with Gasteiger partial charge in [-0.2, -0.15) is 15.1 Å². The van der Waals surface area contributed by atoms with E-state index in [9.17, 15) is 4.79 Å². The molecule has 1 amide bonds. The van der Waals surface area contributed by atoms with Crippen molar-refractivity contribution in [2.24, 2.45) is 0 Å². The third-order valence-corrected chi connectivity index (χ3v) is 8.11. The molecular formula is C29H30ClFN6O2. The van der Waals surface area contributed by atoms with E-state index in [2.05, 4.69) is 21.8 Å². The summed E-state index contributed by atoms with van der Waals surface area (Å²) in [6.45, 7) is 7.59. The van der Waals surface area contributed by atoms with Gasteiger partial charge in [0, 0.05) is 48.1 Å². The van der Waals surface area contributed by atoms with Gasteiger partial charge in [-0.05, 0) is 56.4 Å². The summed E-state index contributed by atoms with van der Waals surface area (Å²) in [4.78, 5) is 25.3. The van der Waals surface area contributed by atoms with Crippen molar-refractivity contribution >= 4 is 45.1 Å². The maximum atomic E-state index is 16.6. The molecule has 2 aromatic carbocycles. The highest BCUT2D eigenvalue weighted by Gasteiger charge is 2.28. The van der Waals surface area contributed by atoms with Crippen molar-refractivity contribution in [1.29, 1.82) is 0 Å². The van der Waals surface area contributed by atoms with Gasteiger partial charge in [0.1, 0.15) is 17.4 Å². The number of H-pyrrole nitrogens is 1. The monoisotopic (exact) mass is 548 g/mol. The van der Waals surface area contributed by atoms with Gasteiger partial charge < -0.3 is 14.5 Å². The fourth-order valence-corrected chi connectivity index (χ4v) is 6.03. The number of nitrogens with zero attached hydrogens (tertiary/aromatic N) is 5. The summed E-state index contributed by atoms with van der Waals surface area (Å²) in [6.07, 6.45) is 8.23. The van der Waals surface area contributed by atoms with Gasteiger partial charge in [-0.15, -0.1) is 0 Å². The van der Waals surface area contributed by atoms with Crippen molar-refractivity contribution in [3.8, 4) is 17.1 Å². The van der Waals surface area contributed by atoms with Crippen LogP contribution in [0.4, 0.5) is 10.2 Å². The minimum Gasteiger partial charge on any atom is -0.460 e. The Hall–Kier alpha value is -3.72. The number of benzene rings is 2. The van der Waals surface area contributed by atoms with Crippen molar-refractivity contribution in [3.05, 3.63) is 53.5 Å². The fourth-order valence-electron chi connectivity index (χ4n) is 5.74. The zero-order chi connectivity index (χ0) is 27.1. The minimum atomic E-state index is -0.521. The molecule has 3 heterocycles. The van der Waals surface area contributed by atoms with Crippen LogP contribution in [0.2, 0.25) is 5.02 Å². The zero-order valence-corrected chi connectivity index (χ0v) is 22.6. The standard InChI is InChI=1S/C29H30ClFN6O2/c1-3-23(38)36-11-13-37(14-12-36)28-19-15-21(30)25(24-17(2)9-10-22-20(24)16-32-35-22)26(31)27(19)33-29(34-28)39-18-7-5-4-6-8-18/h3,9-10,15-16,18H,1,4-8,11-14H2,2H3,(H,32,35). The van der Waals surface area contributed by atoms with Gasteiger partial charge in [0.25, 0.3) is 0 Å². The number of aromatic amines is 1. The molecule has 1 aliphatic heterocycles. The molecule has 8 nitrogen and oxygen atoms in total. The van der Waals surface area contributed by atoms with Gasteiger partial charge in [-0.25, -0.2) is 4.39 Å². The largest absolute Gasteiger partial charge is 0.460 e. The molecule has 39 heavy (non-hydrogen) atoms. The molecule has 2 aliphatic rings. The lowest BCUT2D eigenvalue weighted by Gasteiger charge is -2.35. The molecule has 0 spiro atoms. The summed E-state index contributed by atoms with van der Waals surface area (Å²) in [5.74, 6) is -0.0694. The highest BCUT2D eigenvalue weighted by Crippen LogP contribution is 2.42. The molecule has 10 heteroatoms. The summed E-state index contributed by atoms with van der Waals surface area (Å²) >= 11 is 6.83. The number of nitrogens with one attached hydrogen (secondary N) is 1. The number of anilines is 1. The SMILES string of the molecule is C=CC(=O)N1CCN(c2nc(OC3CCCCC3)nc3c(F)c(-c4c(C)ccc5[nH]ncc45)c(Cl)cc23)CC1. The van der Waals surface area contributed by atoms with E-state index in [4.69, 9.17) is 21.3 Å². The molecule has 6 rings (SSSR count). The van der Waals surface area contributed by atoms with Crippen LogP contribution in [0.15, 0.2) is 37.1 Å². The van der Waals surface area contributed by atoms with Gasteiger partial charge in [-0.1, -0.05) is 30.7 Å². The van der Waals surface area contributed by atoms with Gasteiger partial charge in [-0.3, -0.25) is 9.89 Å². The van der Waals surface area contributed by atoms with Crippen LogP contribution in [0, 0.1) is 12.7 Å². The first-order chi connectivity index (χ1) is 18.9. The number of aryl methyl sites for hydroxylation is 1. The number of carbonyl (C=O) groups excluding carboxylic acids is 1. The smallest absolute Gasteiger partial charge is 0.319 e. The second kappa shape index (κ2) is 10.4. The molecule has 1 saturated heterocycles. The minimum absolute atomic E-state index is 0.00265. The molecule has 1 N–H and O–H groups in total. The van der Waals surface area contributed by atoms with Crippen molar-refractivity contribution in [2.75, 3.05) is 31.1 Å². The first-order valence-electron chi connectivity index (χ1n) is 13.4. The van der Waals surface area contributed by atoms with Crippen LogP contribution in [0.1, 0.15) is 37.7 Å². The van der Waals surface area contributed by atoms with Gasteiger partial charge >= 0.3 is 6.01 Å². The lowest BCUT2D eigenvalue weighted by atomic mass is 9.95. The van der Waals surface area contributed by atoms with Crippen molar-refractivity contribution in [1.82, 2.24) is 25.1 Å². The van der Waals surface area contributed by atoms with E-state index < -0.39 is 5.82 Å². The normalized spacial score (nSPS) is 16.7. The third kappa shape index (κ3) is 4.69. The Balaban J connectivity index is 1.49. The number of piperazine rings is 1. The van der Waals surface area contributed by atoms with Crippen molar-refractivity contribution < 1.29 is 13.9 Å². The number of carbonyl (C=O) groups is 1. The van der Waals surface area contributed by atoms with E-state index in [1.54, 1.807) is 17.2 Å². The van der Waals surface area contributed by atoms with E-state index in [1.165, 1.54) is 12.5 Å². The maximum Gasteiger partial charge on any atom is 0.319 e. The lowest BCUT2D eigenvalue weighted by Crippen LogP contribution is -2.48. The molecule has 4 aromatic rings. The average molecular weight is 549 g/mol. The first kappa shape index (κ1) is 25.6. The number of rotatable bonds is 5. The maximum absolute atomic E-state index is 16.6. The molecular weight excluding hydrogens is 519 g/mol. The summed E-state index contributed by atoms with van der Waals surface area (Å²) < 4.78 is 22.8. The molecule has 202 valence electrons. The second-order valence-electron chi connectivity index (χ2n) is 10.3. The Bertz CT molecular complexity index is 1570. The fraction of sp³-hybridized carbons (Fsp3) is 0.379. The third-order valence-electron chi connectivity index (χ3n) is 7.81. The van der Waals surface area contributed by atoms with E-state index in [0.717, 1.165) is 42.1 Å². The Kier molecular flexibility index (Phi) is 6.85. The Morgan fingerprint density at radius 2 is 1.90 bits per heavy atom. The molecule has 0 radical (unpaired) electrons. The first-order valence-corrected chi connectivity index (χ1v) is 13.8. The van der Waals surface area contributed by atoms with Crippen LogP contribution in [0.5, 0.6) is 6.01 Å². The Morgan fingerprint density at radius 1 is 1.13 bits per heavy atom. The number of hydrogen-bond acceptors (Lipinski definition) is 6. The number of aromatic nitrogens is 4. The molecule has 1 aliphatic carbocycles. The predicted molar refractivity (Wildman–Crippen MR) is 151 cm³/mol. The summed E-state index contributed by atoms with van der Waals surface area (Å²) in [5, 5.41) is 8.67. The van der Waals surface area contributed by atoms with E-state index in [1.807, 2.05) is 24.0 Å². The molecule has 2 fully saturated rings. The van der Waals surface area contributed by atoms with E-state index in [0.29, 0.717) is 42.9 Å². The summed E-state index contributed by atoms with van der Waals surface area (Å²) in [7, 11) is 0. The van der Waals surface area contributed by atoms with Crippen molar-refractivity contribution in [3.63, 3.8) is 0 Å². The van der Waals surface area contributed by atoms with Crippen molar-refractivity contribution in [2.45, 2.75) is 45.1 Å². The predicted octanol–water partition coefficient (Wildman–Crippen LogP) is 5.82. The van der Waals surface area contributed by atoms with Gasteiger partial charge in [0.2, 0.25) is 5.91 Å². The van der Waals surface area contributed by atoms with E-state index in [-0.39, 0.29) is 34.1 Å². The molecule has 0 atom stereocenters. The Labute approximate surface area is 230 Å². The number of halogens is 2. The van der Waals surface area contributed by atoms with Gasteiger partial charge in [0.15, 0.2) is 5.82 Å². The van der Waals surface area contributed by atoms with Crippen LogP contribution in [0.25, 0.3) is 32.9 Å². The number of amides is 1. The lowest BCUT2D eigenvalue weighted by molar-refractivity contribution is -0.126. The van der Waals surface area contributed by atoms with Crippen LogP contribution >= 0.6 is 11.6 Å². The van der Waals surface area contributed by atoms with Crippen LogP contribution in [0.3, 0.4) is 0 Å². The van der Waals surface area contributed by atoms with Gasteiger partial charge in [0.05, 0.1) is 16.7 Å². The highest BCUT2D eigenvalue weighted by molar-refractivity contribution is 6.35. The quantitative estimate of drug-likeness (QED) is 0.316. The number of ether oxygens (including phenoxy) is 1.